The second-order valence-corrected chi connectivity index (χ2v) is 11.9. The van der Waals surface area contributed by atoms with E-state index in [0.717, 1.165) is 4.90 Å². The summed E-state index contributed by atoms with van der Waals surface area (Å²) in [6.07, 6.45) is -8.49. The van der Waals surface area contributed by atoms with E-state index in [9.17, 15) is 45.4 Å². The maximum atomic E-state index is 14.0. The van der Waals surface area contributed by atoms with Crippen LogP contribution in [-0.4, -0.2) is 63.5 Å². The number of carboxylic acids is 1. The van der Waals surface area contributed by atoms with Crippen molar-refractivity contribution in [2.75, 3.05) is 20.6 Å². The predicted molar refractivity (Wildman–Crippen MR) is 144 cm³/mol. The number of rotatable bonds is 4. The predicted octanol–water partition coefficient (Wildman–Crippen LogP) is 7.43. The Balaban J connectivity index is 1.71. The van der Waals surface area contributed by atoms with Crippen LogP contribution in [0.5, 0.6) is 0 Å². The van der Waals surface area contributed by atoms with E-state index >= 15 is 0 Å². The van der Waals surface area contributed by atoms with Gasteiger partial charge in [-0.2, -0.15) is 26.3 Å². The van der Waals surface area contributed by atoms with Gasteiger partial charge in [-0.3, -0.25) is 9.69 Å². The molecule has 2 fully saturated rings. The van der Waals surface area contributed by atoms with E-state index in [4.69, 9.17) is 0 Å². The maximum Gasteiger partial charge on any atom is 0.416 e. The van der Waals surface area contributed by atoms with Crippen LogP contribution in [0.4, 0.5) is 35.5 Å². The van der Waals surface area contributed by atoms with Gasteiger partial charge < -0.3 is 14.9 Å². The third-order valence-electron chi connectivity index (χ3n) is 9.57. The quantitative estimate of drug-likeness (QED) is 0.363. The molecule has 4 rings (SSSR count). The fourth-order valence-corrected chi connectivity index (χ4v) is 6.51. The highest BCUT2D eigenvalue weighted by atomic mass is 19.4. The van der Waals surface area contributed by atoms with Gasteiger partial charge in [0, 0.05) is 19.1 Å². The number of carboxylic acid groups (broad SMARTS) is 1. The summed E-state index contributed by atoms with van der Waals surface area (Å²) in [5.74, 6) is -1.47. The fraction of sp³-hybridized carbons (Fsp3) is 0.533. The van der Waals surface area contributed by atoms with Gasteiger partial charge in [0.25, 0.3) is 0 Å². The van der Waals surface area contributed by atoms with Crippen molar-refractivity contribution < 1.29 is 45.4 Å². The molecule has 236 valence electrons. The molecule has 2 aliphatic rings. The van der Waals surface area contributed by atoms with Crippen LogP contribution in [0.1, 0.15) is 79.4 Å². The Morgan fingerprint density at radius 1 is 1.00 bits per heavy atom. The summed E-state index contributed by atoms with van der Waals surface area (Å²) < 4.78 is 95.1. The van der Waals surface area contributed by atoms with Crippen molar-refractivity contribution in [1.82, 2.24) is 14.7 Å². The molecule has 0 radical (unpaired) electrons. The molecule has 2 aliphatic heterocycles. The van der Waals surface area contributed by atoms with E-state index < -0.39 is 64.5 Å². The van der Waals surface area contributed by atoms with Crippen LogP contribution < -0.4 is 0 Å². The van der Waals surface area contributed by atoms with Gasteiger partial charge in [0.15, 0.2) is 0 Å². The van der Waals surface area contributed by atoms with Crippen molar-refractivity contribution in [1.29, 1.82) is 0 Å². The van der Waals surface area contributed by atoms with Crippen molar-refractivity contribution in [3.63, 3.8) is 0 Å². The first kappa shape index (κ1) is 32.6. The number of carbonyl (C=O) groups is 2. The van der Waals surface area contributed by atoms with E-state index in [1.165, 1.54) is 31.0 Å². The summed E-state index contributed by atoms with van der Waals surface area (Å²) in [6.45, 7) is 4.79. The average Bonchev–Trinajstić information content (AvgIpc) is 3.16. The van der Waals surface area contributed by atoms with Crippen molar-refractivity contribution in [2.24, 2.45) is 0 Å². The highest BCUT2D eigenvalue weighted by molar-refractivity contribution is 5.79. The zero-order chi connectivity index (χ0) is 32.3. The summed E-state index contributed by atoms with van der Waals surface area (Å²) in [5, 5.41) is 9.94. The van der Waals surface area contributed by atoms with Gasteiger partial charge in [0.05, 0.1) is 23.2 Å². The van der Waals surface area contributed by atoms with Gasteiger partial charge in [0.1, 0.15) is 11.4 Å². The molecule has 1 N–H and O–H groups in total. The minimum Gasteiger partial charge on any atom is -0.480 e. The molecule has 0 aromatic heterocycles. The van der Waals surface area contributed by atoms with Crippen molar-refractivity contribution in [2.45, 2.75) is 82.0 Å². The monoisotopic (exact) mass is 617 g/mol. The average molecular weight is 618 g/mol. The van der Waals surface area contributed by atoms with Crippen molar-refractivity contribution in [3.05, 3.63) is 70.0 Å². The largest absolute Gasteiger partial charge is 0.480 e. The molecule has 0 bridgehead atoms. The number of aliphatic carboxylic acids is 1. The highest BCUT2D eigenvalue weighted by Crippen LogP contribution is 2.51. The minimum absolute atomic E-state index is 0.0401. The molecular formula is C30H34F7N3O3. The Kier molecular flexibility index (Phi) is 8.31. The molecule has 4 atom stereocenters. The Morgan fingerprint density at radius 2 is 1.58 bits per heavy atom. The second-order valence-electron chi connectivity index (χ2n) is 11.9. The molecule has 0 aliphatic carbocycles. The Bertz CT molecular complexity index is 1380. The highest BCUT2D eigenvalue weighted by Gasteiger charge is 2.57. The van der Waals surface area contributed by atoms with Gasteiger partial charge in [0.2, 0.25) is 0 Å². The van der Waals surface area contributed by atoms with E-state index in [2.05, 4.69) is 0 Å². The van der Waals surface area contributed by atoms with Gasteiger partial charge in [-0.05, 0) is 101 Å². The second kappa shape index (κ2) is 11.0. The molecular weight excluding hydrogens is 583 g/mol. The van der Waals surface area contributed by atoms with Crippen LogP contribution in [0, 0.1) is 12.7 Å². The van der Waals surface area contributed by atoms with E-state index in [1.54, 1.807) is 27.0 Å². The number of hydrogen-bond donors (Lipinski definition) is 1. The van der Waals surface area contributed by atoms with Crippen LogP contribution in [0.2, 0.25) is 0 Å². The zero-order valence-electron chi connectivity index (χ0n) is 24.4. The van der Waals surface area contributed by atoms with Gasteiger partial charge >= 0.3 is 24.4 Å². The molecule has 0 unspecified atom stereocenters. The Morgan fingerprint density at radius 3 is 2.07 bits per heavy atom. The third kappa shape index (κ3) is 5.92. The summed E-state index contributed by atoms with van der Waals surface area (Å²) >= 11 is 0. The molecule has 2 amide bonds. The number of nitrogens with zero attached hydrogens (tertiary/aromatic N) is 3. The van der Waals surface area contributed by atoms with Crippen LogP contribution in [-0.2, 0) is 17.1 Å². The lowest BCUT2D eigenvalue weighted by molar-refractivity contribution is -0.151. The lowest BCUT2D eigenvalue weighted by Crippen LogP contribution is -2.60. The van der Waals surface area contributed by atoms with Crippen LogP contribution in [0.25, 0.3) is 0 Å². The number of likely N-dealkylation sites (tertiary alicyclic amines) is 2. The van der Waals surface area contributed by atoms with E-state index in [-0.39, 0.29) is 18.2 Å². The van der Waals surface area contributed by atoms with E-state index in [1.807, 2.05) is 4.90 Å². The summed E-state index contributed by atoms with van der Waals surface area (Å²) in [5.41, 5.74) is -3.88. The molecule has 2 aromatic carbocycles. The number of benzene rings is 2. The molecule has 1 spiro atoms. The first-order valence-corrected chi connectivity index (χ1v) is 13.8. The SMILES string of the molecule is Cc1cc(F)ccc1[C@H]1C[C@@]2(CCN1C(=O)N(C)[C@H](C)c1cc(C(F)(F)F)cc(C(F)(F)F)c1)CC[C@](C)(C(=O)O)N2C. The van der Waals surface area contributed by atoms with Gasteiger partial charge in [-0.25, -0.2) is 9.18 Å². The number of likely N-dealkylation sites (N-methyl/N-ethyl adjacent to an activating group) is 1. The summed E-state index contributed by atoms with van der Waals surface area (Å²) in [6, 6.07) is 2.89. The zero-order valence-corrected chi connectivity index (χ0v) is 24.4. The molecule has 2 heterocycles. The van der Waals surface area contributed by atoms with E-state index in [0.29, 0.717) is 48.9 Å². The first-order chi connectivity index (χ1) is 19.7. The smallest absolute Gasteiger partial charge is 0.416 e. The molecule has 13 heteroatoms. The number of halogens is 7. The standard InChI is InChI=1S/C30H34F7N3O3/c1-17-12-22(31)6-7-23(17)24-16-28(9-8-27(3,25(41)42)39(28)5)10-11-40(24)26(43)38(4)18(2)19-13-20(29(32,33)34)15-21(14-19)30(35,36)37/h6-7,12-15,18,24H,8-11,16H2,1-5H3,(H,41,42)/t18-,24-,27-,28+/m1/s1. The number of alkyl halides is 6. The number of hydrogen-bond acceptors (Lipinski definition) is 3. The maximum absolute atomic E-state index is 14.0. The van der Waals surface area contributed by atoms with Crippen LogP contribution in [0.15, 0.2) is 36.4 Å². The lowest BCUT2D eigenvalue weighted by Gasteiger charge is -2.51. The van der Waals surface area contributed by atoms with Crippen molar-refractivity contribution in [3.8, 4) is 0 Å². The molecule has 6 nitrogen and oxygen atoms in total. The molecule has 2 aromatic rings. The summed E-state index contributed by atoms with van der Waals surface area (Å²) in [4.78, 5) is 30.5. The molecule has 43 heavy (non-hydrogen) atoms. The Labute approximate surface area is 245 Å². The fourth-order valence-electron chi connectivity index (χ4n) is 6.51. The Hall–Kier alpha value is -3.35. The third-order valence-corrected chi connectivity index (χ3v) is 9.57. The van der Waals surface area contributed by atoms with Crippen LogP contribution in [0.3, 0.4) is 0 Å². The van der Waals surface area contributed by atoms with Crippen molar-refractivity contribution >= 4 is 12.0 Å². The number of urea groups is 1. The normalized spacial score (nSPS) is 25.7. The first-order valence-electron chi connectivity index (χ1n) is 13.8. The number of amides is 2. The number of carbonyl (C=O) groups excluding carboxylic acids is 1. The molecule has 2 saturated heterocycles. The summed E-state index contributed by atoms with van der Waals surface area (Å²) in [7, 11) is 3.04. The lowest BCUT2D eigenvalue weighted by atomic mass is 9.78. The minimum atomic E-state index is -5.04. The van der Waals surface area contributed by atoms with Gasteiger partial charge in [-0.15, -0.1) is 0 Å². The topological polar surface area (TPSA) is 64.1 Å². The van der Waals surface area contributed by atoms with Crippen LogP contribution >= 0.6 is 0 Å². The number of piperidine rings is 1. The van der Waals surface area contributed by atoms with Gasteiger partial charge in [-0.1, -0.05) is 6.07 Å². The number of aryl methyl sites for hydroxylation is 1. The molecule has 0 saturated carbocycles.